The molecular formula is C20H33IN4O2. The van der Waals surface area contributed by atoms with Crippen molar-refractivity contribution in [2.45, 2.75) is 19.4 Å². The summed E-state index contributed by atoms with van der Waals surface area (Å²) in [4.78, 5) is 8.94. The van der Waals surface area contributed by atoms with Crippen LogP contribution in [-0.4, -0.2) is 71.0 Å². The largest absolute Gasteiger partial charge is 0.379 e. The van der Waals surface area contributed by atoms with Gasteiger partial charge in [-0.1, -0.05) is 18.2 Å². The van der Waals surface area contributed by atoms with E-state index in [1.807, 2.05) is 7.05 Å². The van der Waals surface area contributed by atoms with Gasteiger partial charge in [0.1, 0.15) is 0 Å². The molecule has 3 rings (SSSR count). The first-order valence-corrected chi connectivity index (χ1v) is 9.68. The van der Waals surface area contributed by atoms with E-state index in [-0.39, 0.29) is 24.0 Å². The van der Waals surface area contributed by atoms with Crippen LogP contribution in [0.3, 0.4) is 0 Å². The molecule has 1 aromatic carbocycles. The number of morpholine rings is 1. The van der Waals surface area contributed by atoms with Crippen LogP contribution in [0.15, 0.2) is 29.3 Å². The van der Waals surface area contributed by atoms with Crippen molar-refractivity contribution in [3.8, 4) is 0 Å². The van der Waals surface area contributed by atoms with Gasteiger partial charge in [-0.05, 0) is 30.4 Å². The summed E-state index contributed by atoms with van der Waals surface area (Å²) in [6.07, 6.45) is 2.67. The molecule has 0 amide bonds. The smallest absolute Gasteiger partial charge is 0.193 e. The van der Waals surface area contributed by atoms with Crippen molar-refractivity contribution in [2.24, 2.45) is 10.9 Å². The average molecular weight is 488 g/mol. The van der Waals surface area contributed by atoms with Crippen LogP contribution >= 0.6 is 24.0 Å². The Kier molecular flexibility index (Phi) is 9.64. The number of ether oxygens (including phenoxy) is 2. The molecule has 1 N–H and O–H groups in total. The Bertz CT molecular complexity index is 589. The fraction of sp³-hybridized carbons (Fsp3) is 0.650. The van der Waals surface area contributed by atoms with Crippen LogP contribution < -0.4 is 10.2 Å². The summed E-state index contributed by atoms with van der Waals surface area (Å²) in [5, 5.41) is 3.49. The lowest BCUT2D eigenvalue weighted by atomic mass is 10.1. The summed E-state index contributed by atoms with van der Waals surface area (Å²) in [7, 11) is 3.89. The Morgan fingerprint density at radius 3 is 2.74 bits per heavy atom. The Labute approximate surface area is 180 Å². The summed E-state index contributed by atoms with van der Waals surface area (Å²) < 4.78 is 11.2. The third kappa shape index (κ3) is 7.12. The standard InChI is InChI=1S/C20H32N4O2.HI/c1-21-20(23(2)9-12-26-16-17-7-8-17)22-15-18-5-3-4-6-19(18)24-10-13-25-14-11-24;/h3-6,17H,7-16H2,1-2H3,(H,21,22);1H. The third-order valence-electron chi connectivity index (χ3n) is 4.98. The van der Waals surface area contributed by atoms with Crippen LogP contribution in [0.5, 0.6) is 0 Å². The van der Waals surface area contributed by atoms with Gasteiger partial charge in [0.05, 0.1) is 19.8 Å². The zero-order chi connectivity index (χ0) is 18.2. The lowest BCUT2D eigenvalue weighted by Gasteiger charge is -2.31. The van der Waals surface area contributed by atoms with Crippen LogP contribution in [0, 0.1) is 5.92 Å². The highest BCUT2D eigenvalue weighted by Gasteiger charge is 2.21. The van der Waals surface area contributed by atoms with Gasteiger partial charge in [-0.15, -0.1) is 24.0 Å². The number of nitrogens with zero attached hydrogens (tertiary/aromatic N) is 3. The second-order valence-electron chi connectivity index (χ2n) is 7.07. The summed E-state index contributed by atoms with van der Waals surface area (Å²) >= 11 is 0. The maximum atomic E-state index is 5.74. The second kappa shape index (κ2) is 11.7. The number of nitrogens with one attached hydrogen (secondary N) is 1. The van der Waals surface area contributed by atoms with Gasteiger partial charge in [0.25, 0.3) is 0 Å². The second-order valence-corrected chi connectivity index (χ2v) is 7.07. The quantitative estimate of drug-likeness (QED) is 0.264. The topological polar surface area (TPSA) is 49.3 Å². The number of halogens is 1. The first-order valence-electron chi connectivity index (χ1n) is 9.68. The van der Waals surface area contributed by atoms with Crippen LogP contribution in [0.1, 0.15) is 18.4 Å². The number of hydrogen-bond acceptors (Lipinski definition) is 4. The van der Waals surface area contributed by atoms with E-state index in [4.69, 9.17) is 9.47 Å². The monoisotopic (exact) mass is 488 g/mol. The summed E-state index contributed by atoms with van der Waals surface area (Å²) in [6, 6.07) is 8.58. The molecule has 2 aliphatic rings. The van der Waals surface area contributed by atoms with Crippen LogP contribution in [-0.2, 0) is 16.0 Å². The normalized spacial score (nSPS) is 17.4. The van der Waals surface area contributed by atoms with Crippen molar-refractivity contribution in [1.29, 1.82) is 0 Å². The molecular weight excluding hydrogens is 455 g/mol. The van der Waals surface area contributed by atoms with Crippen LogP contribution in [0.4, 0.5) is 5.69 Å². The number of guanidine groups is 1. The molecule has 0 spiro atoms. The van der Waals surface area contributed by atoms with Crippen molar-refractivity contribution < 1.29 is 9.47 Å². The zero-order valence-corrected chi connectivity index (χ0v) is 18.9. The summed E-state index contributed by atoms with van der Waals surface area (Å²) in [5.41, 5.74) is 2.57. The molecule has 0 atom stereocenters. The highest BCUT2D eigenvalue weighted by atomic mass is 127. The molecule has 7 heteroatoms. The number of para-hydroxylation sites is 1. The molecule has 0 aromatic heterocycles. The Morgan fingerprint density at radius 1 is 1.30 bits per heavy atom. The molecule has 0 bridgehead atoms. The maximum absolute atomic E-state index is 5.74. The van der Waals surface area contributed by atoms with Gasteiger partial charge < -0.3 is 24.6 Å². The first kappa shape index (κ1) is 22.2. The molecule has 0 unspecified atom stereocenters. The van der Waals surface area contributed by atoms with Crippen LogP contribution in [0.2, 0.25) is 0 Å². The van der Waals surface area contributed by atoms with E-state index in [9.17, 15) is 0 Å². The van der Waals surface area contributed by atoms with Crippen LogP contribution in [0.25, 0.3) is 0 Å². The van der Waals surface area contributed by atoms with Gasteiger partial charge in [-0.3, -0.25) is 4.99 Å². The van der Waals surface area contributed by atoms with Crippen molar-refractivity contribution in [1.82, 2.24) is 10.2 Å². The van der Waals surface area contributed by atoms with Crippen molar-refractivity contribution in [2.75, 3.05) is 65.1 Å². The minimum Gasteiger partial charge on any atom is -0.379 e. The molecule has 0 radical (unpaired) electrons. The number of benzene rings is 1. The molecule has 1 aromatic rings. The van der Waals surface area contributed by atoms with E-state index in [2.05, 4.69) is 51.4 Å². The van der Waals surface area contributed by atoms with Gasteiger partial charge in [-0.2, -0.15) is 0 Å². The molecule has 27 heavy (non-hydrogen) atoms. The third-order valence-corrected chi connectivity index (χ3v) is 4.98. The fourth-order valence-corrected chi connectivity index (χ4v) is 3.17. The Balaban J connectivity index is 0.00000261. The summed E-state index contributed by atoms with van der Waals surface area (Å²) in [5.74, 6) is 1.71. The number of rotatable bonds is 8. The molecule has 152 valence electrons. The first-order chi connectivity index (χ1) is 12.8. The van der Waals surface area contributed by atoms with E-state index < -0.39 is 0 Å². The number of aliphatic imine (C=N–C) groups is 1. The fourth-order valence-electron chi connectivity index (χ4n) is 3.17. The average Bonchev–Trinajstić information content (AvgIpc) is 3.51. The van der Waals surface area contributed by atoms with Crippen molar-refractivity contribution in [3.05, 3.63) is 29.8 Å². The highest BCUT2D eigenvalue weighted by Crippen LogP contribution is 2.28. The van der Waals surface area contributed by atoms with E-state index >= 15 is 0 Å². The van der Waals surface area contributed by atoms with Gasteiger partial charge in [0.15, 0.2) is 5.96 Å². The number of likely N-dealkylation sites (N-methyl/N-ethyl adjacent to an activating group) is 1. The molecule has 1 saturated carbocycles. The minimum absolute atomic E-state index is 0. The van der Waals surface area contributed by atoms with Gasteiger partial charge in [0.2, 0.25) is 0 Å². The lowest BCUT2D eigenvalue weighted by Crippen LogP contribution is -2.41. The molecule has 1 aliphatic heterocycles. The molecule has 2 fully saturated rings. The Morgan fingerprint density at radius 2 is 2.04 bits per heavy atom. The number of anilines is 1. The summed E-state index contributed by atoms with van der Waals surface area (Å²) in [6.45, 7) is 6.75. The molecule has 1 heterocycles. The zero-order valence-electron chi connectivity index (χ0n) is 16.5. The van der Waals surface area contributed by atoms with E-state index in [0.717, 1.165) is 64.5 Å². The predicted octanol–water partition coefficient (Wildman–Crippen LogP) is 2.58. The number of hydrogen-bond donors (Lipinski definition) is 1. The molecule has 6 nitrogen and oxygen atoms in total. The predicted molar refractivity (Wildman–Crippen MR) is 121 cm³/mol. The van der Waals surface area contributed by atoms with E-state index in [0.29, 0.717) is 0 Å². The maximum Gasteiger partial charge on any atom is 0.193 e. The van der Waals surface area contributed by atoms with E-state index in [1.165, 1.54) is 24.1 Å². The molecule has 1 aliphatic carbocycles. The van der Waals surface area contributed by atoms with Gasteiger partial charge in [0, 0.05) is 52.6 Å². The lowest BCUT2D eigenvalue weighted by molar-refractivity contribution is 0.115. The van der Waals surface area contributed by atoms with Crippen molar-refractivity contribution >= 4 is 35.6 Å². The Hall–Kier alpha value is -1.06. The highest BCUT2D eigenvalue weighted by molar-refractivity contribution is 14.0. The van der Waals surface area contributed by atoms with Crippen molar-refractivity contribution in [3.63, 3.8) is 0 Å². The molecule has 1 saturated heterocycles. The van der Waals surface area contributed by atoms with E-state index in [1.54, 1.807) is 0 Å². The minimum atomic E-state index is 0. The SMILES string of the molecule is CN=C(NCc1ccccc1N1CCOCC1)N(C)CCOCC1CC1.I. The van der Waals surface area contributed by atoms with Gasteiger partial charge >= 0.3 is 0 Å². The van der Waals surface area contributed by atoms with Gasteiger partial charge in [-0.25, -0.2) is 0 Å².